The molecule has 9 heteroatoms. The summed E-state index contributed by atoms with van der Waals surface area (Å²) in [5, 5.41) is 3.41. The largest absolute Gasteiger partial charge is 0.494 e. The number of aromatic nitrogens is 1. The van der Waals surface area contributed by atoms with Crippen LogP contribution in [0.3, 0.4) is 0 Å². The number of anilines is 2. The van der Waals surface area contributed by atoms with Crippen LogP contribution >= 0.6 is 0 Å². The fourth-order valence-electron chi connectivity index (χ4n) is 5.07. The minimum Gasteiger partial charge on any atom is -0.494 e. The van der Waals surface area contributed by atoms with Gasteiger partial charge in [-0.1, -0.05) is 18.2 Å². The van der Waals surface area contributed by atoms with Crippen LogP contribution < -0.4 is 19.9 Å². The average molecular weight is 572 g/mol. The number of pyridine rings is 1. The second-order valence-electron chi connectivity index (χ2n) is 11.1. The maximum Gasteiger partial charge on any atom is 0.253 e. The van der Waals surface area contributed by atoms with Gasteiger partial charge in [0.1, 0.15) is 11.2 Å². The van der Waals surface area contributed by atoms with Crippen molar-refractivity contribution in [2.24, 2.45) is 5.41 Å². The summed E-state index contributed by atoms with van der Waals surface area (Å²) in [5.41, 5.74) is 3.04. The van der Waals surface area contributed by atoms with Crippen LogP contribution in [0.15, 0.2) is 66.9 Å². The zero-order chi connectivity index (χ0) is 30.3. The first-order valence-corrected chi connectivity index (χ1v) is 14.5. The van der Waals surface area contributed by atoms with Gasteiger partial charge in [0.15, 0.2) is 0 Å². The lowest BCUT2D eigenvalue weighted by Gasteiger charge is -2.27. The smallest absolute Gasteiger partial charge is 0.253 e. The molecule has 42 heavy (non-hydrogen) atoms. The molecular formula is C33H41N5O4. The number of aryl methyl sites for hydroxylation is 1. The lowest BCUT2D eigenvalue weighted by molar-refractivity contribution is -0.137. The number of hydrogen-bond donors (Lipinski definition) is 1. The molecule has 1 N–H and O–H groups in total. The van der Waals surface area contributed by atoms with E-state index in [9.17, 15) is 14.4 Å². The Morgan fingerprint density at radius 3 is 2.52 bits per heavy atom. The van der Waals surface area contributed by atoms with Crippen LogP contribution in [-0.4, -0.2) is 67.9 Å². The van der Waals surface area contributed by atoms with E-state index < -0.39 is 5.41 Å². The third-order valence-electron chi connectivity index (χ3n) is 7.58. The molecule has 1 aromatic heterocycles. The third kappa shape index (κ3) is 6.97. The summed E-state index contributed by atoms with van der Waals surface area (Å²) in [7, 11) is 3.52. The second-order valence-corrected chi connectivity index (χ2v) is 11.1. The van der Waals surface area contributed by atoms with Gasteiger partial charge in [0.25, 0.3) is 5.91 Å². The summed E-state index contributed by atoms with van der Waals surface area (Å²) in [6, 6.07) is 18.9. The predicted molar refractivity (Wildman–Crippen MR) is 165 cm³/mol. The van der Waals surface area contributed by atoms with Crippen LogP contribution in [0.25, 0.3) is 0 Å². The van der Waals surface area contributed by atoms with Crippen molar-refractivity contribution in [2.75, 3.05) is 50.1 Å². The number of likely N-dealkylation sites (N-methyl/N-ethyl adjacent to an activating group) is 1. The highest BCUT2D eigenvalue weighted by molar-refractivity contribution is 6.20. The topological polar surface area (TPSA) is 95.1 Å². The molecule has 4 rings (SSSR count). The molecule has 0 unspecified atom stereocenters. The van der Waals surface area contributed by atoms with Crippen molar-refractivity contribution in [1.29, 1.82) is 0 Å². The molecule has 0 saturated carbocycles. The zero-order valence-electron chi connectivity index (χ0n) is 25.2. The van der Waals surface area contributed by atoms with E-state index in [2.05, 4.69) is 16.4 Å². The van der Waals surface area contributed by atoms with Gasteiger partial charge in [-0.3, -0.25) is 19.4 Å². The highest BCUT2D eigenvalue weighted by Gasteiger charge is 2.45. The van der Waals surface area contributed by atoms with Gasteiger partial charge in [-0.2, -0.15) is 0 Å². The van der Waals surface area contributed by atoms with E-state index in [0.29, 0.717) is 55.5 Å². The van der Waals surface area contributed by atoms with Crippen molar-refractivity contribution in [2.45, 2.75) is 40.2 Å². The molecule has 2 aromatic carbocycles. The molecule has 0 radical (unpaired) electrons. The van der Waals surface area contributed by atoms with Crippen LogP contribution in [0.1, 0.15) is 48.8 Å². The maximum absolute atomic E-state index is 13.1. The first-order chi connectivity index (χ1) is 20.1. The number of carbonyl (C=O) groups excluding carboxylic acids is 3. The van der Waals surface area contributed by atoms with Crippen molar-refractivity contribution in [3.63, 3.8) is 0 Å². The Morgan fingerprint density at radius 1 is 1.02 bits per heavy atom. The van der Waals surface area contributed by atoms with Gasteiger partial charge in [0.05, 0.1) is 18.0 Å². The van der Waals surface area contributed by atoms with Crippen LogP contribution in [0.5, 0.6) is 5.75 Å². The zero-order valence-corrected chi connectivity index (χ0v) is 25.2. The number of benzene rings is 2. The first-order valence-electron chi connectivity index (χ1n) is 14.5. The first kappa shape index (κ1) is 30.7. The summed E-state index contributed by atoms with van der Waals surface area (Å²) < 4.78 is 6.04. The van der Waals surface area contributed by atoms with Gasteiger partial charge in [-0.25, -0.2) is 0 Å². The molecular weight excluding hydrogens is 530 g/mol. The molecule has 0 bridgehead atoms. The Kier molecular flexibility index (Phi) is 9.96. The lowest BCUT2D eigenvalue weighted by atomic mass is 9.90. The van der Waals surface area contributed by atoms with Gasteiger partial charge in [0, 0.05) is 63.8 Å². The Labute approximate surface area is 248 Å². The Morgan fingerprint density at radius 2 is 1.79 bits per heavy atom. The molecule has 0 fully saturated rings. The van der Waals surface area contributed by atoms with E-state index in [0.717, 1.165) is 24.1 Å². The molecule has 3 amide bonds. The summed E-state index contributed by atoms with van der Waals surface area (Å²) in [5.74, 6) is 0.220. The molecule has 0 spiro atoms. The van der Waals surface area contributed by atoms with Crippen molar-refractivity contribution >= 4 is 29.1 Å². The summed E-state index contributed by atoms with van der Waals surface area (Å²) >= 11 is 0. The molecule has 0 aliphatic carbocycles. The highest BCUT2D eigenvalue weighted by atomic mass is 16.5. The quantitative estimate of drug-likeness (QED) is 0.257. The number of nitrogens with zero attached hydrogens (tertiary/aromatic N) is 4. The van der Waals surface area contributed by atoms with Gasteiger partial charge >= 0.3 is 0 Å². The summed E-state index contributed by atoms with van der Waals surface area (Å²) in [6.45, 7) is 8.21. The predicted octanol–water partition coefficient (Wildman–Crippen LogP) is 4.31. The number of fused-ring (bicyclic) bond motifs is 1. The number of rotatable bonds is 12. The van der Waals surface area contributed by atoms with Crippen molar-refractivity contribution in [1.82, 2.24) is 15.2 Å². The number of amides is 3. The van der Waals surface area contributed by atoms with Gasteiger partial charge in [-0.15, -0.1) is 0 Å². The number of carbonyl (C=O) groups is 3. The van der Waals surface area contributed by atoms with Crippen molar-refractivity contribution < 1.29 is 19.1 Å². The average Bonchev–Trinajstić information content (AvgIpc) is 3.05. The van der Waals surface area contributed by atoms with Crippen LogP contribution in [0.2, 0.25) is 0 Å². The van der Waals surface area contributed by atoms with E-state index in [1.165, 1.54) is 0 Å². The van der Waals surface area contributed by atoms with E-state index in [1.807, 2.05) is 74.8 Å². The fourth-order valence-corrected chi connectivity index (χ4v) is 5.07. The van der Waals surface area contributed by atoms with Gasteiger partial charge in [-0.05, 0) is 75.6 Å². The third-order valence-corrected chi connectivity index (χ3v) is 7.58. The van der Waals surface area contributed by atoms with Crippen molar-refractivity contribution in [3.8, 4) is 5.75 Å². The molecule has 1 aliphatic rings. The molecule has 0 saturated heterocycles. The molecule has 0 atom stereocenters. The van der Waals surface area contributed by atoms with Crippen molar-refractivity contribution in [3.05, 3.63) is 83.7 Å². The minimum atomic E-state index is -1.14. The monoisotopic (exact) mass is 571 g/mol. The van der Waals surface area contributed by atoms with Crippen LogP contribution in [0, 0.1) is 5.41 Å². The normalized spacial score (nSPS) is 14.4. The fraction of sp³-hybridized carbons (Fsp3) is 0.394. The SMILES string of the molecule is CCN1C(=O)C(C)(C)C(=O)N(C)c2cc(OCCCc3cc(CNCCN(C)C(=O)c4ccccc4)ccn3)ccc21. The highest BCUT2D eigenvalue weighted by Crippen LogP contribution is 2.40. The summed E-state index contributed by atoms with van der Waals surface area (Å²) in [6.07, 6.45) is 3.35. The lowest BCUT2D eigenvalue weighted by Crippen LogP contribution is -2.47. The number of hydrogen-bond acceptors (Lipinski definition) is 6. The Balaban J connectivity index is 1.25. The van der Waals surface area contributed by atoms with E-state index >= 15 is 0 Å². The van der Waals surface area contributed by atoms with E-state index in [1.54, 1.807) is 35.6 Å². The van der Waals surface area contributed by atoms with Gasteiger partial charge in [0.2, 0.25) is 11.8 Å². The molecule has 9 nitrogen and oxygen atoms in total. The summed E-state index contributed by atoms with van der Waals surface area (Å²) in [4.78, 5) is 48.1. The molecule has 222 valence electrons. The molecule has 1 aliphatic heterocycles. The van der Waals surface area contributed by atoms with Crippen LogP contribution in [-0.2, 0) is 22.6 Å². The molecule has 2 heterocycles. The Hall–Kier alpha value is -4.24. The maximum atomic E-state index is 13.1. The standard InChI is InChI=1S/C33H41N5O4/c1-6-38-28-15-14-27(22-29(28)37(5)31(40)33(2,3)32(38)41)42-20-10-13-26-21-24(16-17-35-26)23-34-18-19-36(4)30(39)25-11-8-7-9-12-25/h7-9,11-12,14-17,21-22,34H,6,10,13,18-20,23H2,1-5H3. The van der Waals surface area contributed by atoms with Gasteiger partial charge < -0.3 is 24.8 Å². The van der Waals surface area contributed by atoms with E-state index in [-0.39, 0.29) is 17.7 Å². The Bertz CT molecular complexity index is 1410. The number of ether oxygens (including phenoxy) is 1. The minimum absolute atomic E-state index is 0.0131. The van der Waals surface area contributed by atoms with E-state index in [4.69, 9.17) is 4.74 Å². The number of nitrogens with one attached hydrogen (secondary N) is 1. The molecule has 3 aromatic rings. The second kappa shape index (κ2) is 13.6. The van der Waals surface area contributed by atoms with Crippen LogP contribution in [0.4, 0.5) is 11.4 Å².